The molecule has 3 nitrogen and oxygen atoms in total. The Hall–Kier alpha value is -1.10. The molecule has 0 atom stereocenters. The van der Waals surface area contributed by atoms with Crippen molar-refractivity contribution in [2.75, 3.05) is 20.3 Å². The summed E-state index contributed by atoms with van der Waals surface area (Å²) >= 11 is 0. The van der Waals surface area contributed by atoms with E-state index in [9.17, 15) is 26.3 Å². The van der Waals surface area contributed by atoms with Crippen molar-refractivity contribution in [3.05, 3.63) is 34.9 Å². The lowest BCUT2D eigenvalue weighted by Crippen LogP contribution is -2.44. The fraction of sp³-hybridized carbons (Fsp3) is 0.684. The first-order valence-corrected chi connectivity index (χ1v) is 11.5. The predicted molar refractivity (Wildman–Crippen MR) is 99.4 cm³/mol. The van der Waals surface area contributed by atoms with Crippen LogP contribution in [0.5, 0.6) is 0 Å². The van der Waals surface area contributed by atoms with Crippen LogP contribution in [0.3, 0.4) is 0 Å². The topological polar surface area (TPSA) is 27.7 Å². The summed E-state index contributed by atoms with van der Waals surface area (Å²) in [6.45, 7) is 4.64. The van der Waals surface area contributed by atoms with Gasteiger partial charge in [0, 0.05) is 26.4 Å². The third-order valence-corrected chi connectivity index (χ3v) is 7.43. The summed E-state index contributed by atoms with van der Waals surface area (Å²) in [6.07, 6.45) is -6.82. The van der Waals surface area contributed by atoms with Gasteiger partial charge in [0.25, 0.3) is 0 Å². The van der Waals surface area contributed by atoms with Gasteiger partial charge in [-0.2, -0.15) is 26.3 Å². The zero-order valence-electron chi connectivity index (χ0n) is 16.9. The van der Waals surface area contributed by atoms with Crippen LogP contribution < -0.4 is 0 Å². The first-order chi connectivity index (χ1) is 13.5. The highest BCUT2D eigenvalue weighted by molar-refractivity contribution is 6.60. The molecule has 0 spiro atoms. The lowest BCUT2D eigenvalue weighted by Gasteiger charge is -2.27. The van der Waals surface area contributed by atoms with E-state index in [4.69, 9.17) is 13.3 Å². The number of halogens is 6. The average Bonchev–Trinajstić information content (AvgIpc) is 2.63. The van der Waals surface area contributed by atoms with Crippen LogP contribution in [0.25, 0.3) is 0 Å². The molecule has 29 heavy (non-hydrogen) atoms. The lowest BCUT2D eigenvalue weighted by molar-refractivity contribution is -0.143. The Morgan fingerprint density at radius 3 is 1.66 bits per heavy atom. The van der Waals surface area contributed by atoms with E-state index in [1.807, 2.05) is 13.8 Å². The van der Waals surface area contributed by atoms with Gasteiger partial charge in [-0.3, -0.25) is 0 Å². The lowest BCUT2D eigenvalue weighted by atomic mass is 10.00. The molecular weight excluding hydrogens is 418 g/mol. The Bertz CT molecular complexity index is 581. The molecule has 0 radical (unpaired) electrons. The van der Waals surface area contributed by atoms with Crippen LogP contribution in [0.2, 0.25) is 6.04 Å². The molecule has 0 aromatic heterocycles. The smallest absolute Gasteiger partial charge is 0.377 e. The summed E-state index contributed by atoms with van der Waals surface area (Å²) < 4.78 is 94.2. The predicted octanol–water partition coefficient (Wildman–Crippen LogP) is 6.49. The molecule has 10 heteroatoms. The van der Waals surface area contributed by atoms with Crippen molar-refractivity contribution in [3.63, 3.8) is 0 Å². The third-order valence-electron chi connectivity index (χ3n) is 4.39. The van der Waals surface area contributed by atoms with Crippen LogP contribution in [-0.4, -0.2) is 29.1 Å². The second-order valence-electron chi connectivity index (χ2n) is 6.58. The summed E-state index contributed by atoms with van der Waals surface area (Å²) in [5.74, 6) is 0. The molecule has 0 aliphatic heterocycles. The van der Waals surface area contributed by atoms with Crippen molar-refractivity contribution < 1.29 is 39.6 Å². The standard InChI is InChI=1S/C19H28F6O3Si/c1-4-27-29(26-3,28-5-2)11-9-7-6-8-10-15-12-16(18(20,21)22)14-17(13-15)19(23,24)25/h12-14H,4-11H2,1-3H3. The maximum Gasteiger partial charge on any atom is 0.500 e. The van der Waals surface area contributed by atoms with E-state index in [0.29, 0.717) is 32.1 Å². The van der Waals surface area contributed by atoms with Crippen molar-refractivity contribution in [2.45, 2.75) is 64.3 Å². The molecule has 1 aromatic carbocycles. The SMILES string of the molecule is CCO[Si](CCCCCCc1cc(C(F)(F)F)cc(C(F)(F)F)c1)(OC)OCC. The maximum absolute atomic E-state index is 12.9. The molecule has 1 aromatic rings. The highest BCUT2D eigenvalue weighted by Crippen LogP contribution is 2.36. The average molecular weight is 447 g/mol. The molecule has 0 amide bonds. The van der Waals surface area contributed by atoms with Crippen molar-refractivity contribution in [2.24, 2.45) is 0 Å². The Kier molecular flexibility index (Phi) is 10.1. The summed E-state index contributed by atoms with van der Waals surface area (Å²) in [4.78, 5) is 0. The molecule has 0 saturated heterocycles. The molecule has 0 unspecified atom stereocenters. The summed E-state index contributed by atoms with van der Waals surface area (Å²) in [5, 5.41) is 0. The van der Waals surface area contributed by atoms with Crippen molar-refractivity contribution >= 4 is 8.80 Å². The number of aryl methyl sites for hydroxylation is 1. The van der Waals surface area contributed by atoms with Gasteiger partial charge >= 0.3 is 21.2 Å². The zero-order valence-corrected chi connectivity index (χ0v) is 17.9. The summed E-state index contributed by atoms with van der Waals surface area (Å²) in [6, 6.07) is 2.36. The molecule has 0 saturated carbocycles. The Morgan fingerprint density at radius 2 is 1.24 bits per heavy atom. The minimum atomic E-state index is -4.82. The van der Waals surface area contributed by atoms with Crippen LogP contribution in [0, 0.1) is 0 Å². The fourth-order valence-electron chi connectivity index (χ4n) is 3.03. The van der Waals surface area contributed by atoms with E-state index in [1.165, 1.54) is 0 Å². The molecule has 0 bridgehead atoms. The fourth-order valence-corrected chi connectivity index (χ4v) is 5.41. The molecule has 0 aliphatic rings. The van der Waals surface area contributed by atoms with Gasteiger partial charge in [0.15, 0.2) is 0 Å². The van der Waals surface area contributed by atoms with E-state index in [-0.39, 0.29) is 18.1 Å². The van der Waals surface area contributed by atoms with Gasteiger partial charge in [-0.25, -0.2) is 0 Å². The van der Waals surface area contributed by atoms with Gasteiger partial charge in [-0.05, 0) is 56.9 Å². The maximum atomic E-state index is 12.9. The molecule has 0 heterocycles. The van der Waals surface area contributed by atoms with Gasteiger partial charge in [0.2, 0.25) is 0 Å². The van der Waals surface area contributed by atoms with Crippen LogP contribution in [0.1, 0.15) is 56.2 Å². The molecular formula is C19H28F6O3Si. The number of benzene rings is 1. The van der Waals surface area contributed by atoms with Crippen molar-refractivity contribution in [3.8, 4) is 0 Å². The first kappa shape index (κ1) is 25.9. The van der Waals surface area contributed by atoms with Gasteiger partial charge in [0.05, 0.1) is 11.1 Å². The Balaban J connectivity index is 2.62. The quantitative estimate of drug-likeness (QED) is 0.209. The molecule has 0 fully saturated rings. The number of rotatable bonds is 12. The third kappa shape index (κ3) is 8.65. The molecule has 0 N–H and O–H groups in total. The van der Waals surface area contributed by atoms with Gasteiger partial charge in [-0.1, -0.05) is 12.8 Å². The van der Waals surface area contributed by atoms with Gasteiger partial charge in [-0.15, -0.1) is 0 Å². The minimum absolute atomic E-state index is 0.0383. The van der Waals surface area contributed by atoms with Crippen LogP contribution in [-0.2, 0) is 32.1 Å². The number of hydrogen-bond acceptors (Lipinski definition) is 3. The largest absolute Gasteiger partial charge is 0.500 e. The van der Waals surface area contributed by atoms with Gasteiger partial charge < -0.3 is 13.3 Å². The van der Waals surface area contributed by atoms with Crippen LogP contribution >= 0.6 is 0 Å². The molecule has 168 valence electrons. The normalized spacial score (nSPS) is 13.1. The van der Waals surface area contributed by atoms with Crippen LogP contribution in [0.4, 0.5) is 26.3 Å². The van der Waals surface area contributed by atoms with Crippen molar-refractivity contribution in [1.82, 2.24) is 0 Å². The summed E-state index contributed by atoms with van der Waals surface area (Å²) in [7, 11) is -1.16. The van der Waals surface area contributed by atoms with Crippen molar-refractivity contribution in [1.29, 1.82) is 0 Å². The Labute approximate surface area is 168 Å². The number of unbranched alkanes of at least 4 members (excludes halogenated alkanes) is 3. The molecule has 1 rings (SSSR count). The van der Waals surface area contributed by atoms with Crippen LogP contribution in [0.15, 0.2) is 18.2 Å². The number of hydrogen-bond donors (Lipinski definition) is 0. The number of alkyl halides is 6. The Morgan fingerprint density at radius 1 is 0.759 bits per heavy atom. The van der Waals surface area contributed by atoms with E-state index in [0.717, 1.165) is 25.0 Å². The van der Waals surface area contributed by atoms with E-state index >= 15 is 0 Å². The van der Waals surface area contributed by atoms with Gasteiger partial charge in [0.1, 0.15) is 0 Å². The highest BCUT2D eigenvalue weighted by atomic mass is 28.4. The molecule has 0 aliphatic carbocycles. The van der Waals surface area contributed by atoms with E-state index < -0.39 is 32.3 Å². The monoisotopic (exact) mass is 446 g/mol. The van der Waals surface area contributed by atoms with E-state index in [1.54, 1.807) is 7.11 Å². The second kappa shape index (κ2) is 11.3. The zero-order chi connectivity index (χ0) is 22.1. The van der Waals surface area contributed by atoms with E-state index in [2.05, 4.69) is 0 Å². The second-order valence-corrected chi connectivity index (χ2v) is 9.43. The minimum Gasteiger partial charge on any atom is -0.377 e. The highest BCUT2D eigenvalue weighted by Gasteiger charge is 2.39. The first-order valence-electron chi connectivity index (χ1n) is 9.59. The summed E-state index contributed by atoms with van der Waals surface area (Å²) in [5.41, 5.74) is -2.50.